The van der Waals surface area contributed by atoms with Crippen molar-refractivity contribution in [3.05, 3.63) is 63.2 Å². The Morgan fingerprint density at radius 2 is 1.58 bits per heavy atom. The van der Waals surface area contributed by atoms with Crippen LogP contribution in [0, 0.1) is 3.57 Å². The lowest BCUT2D eigenvalue weighted by Crippen LogP contribution is -2.05. The first kappa shape index (κ1) is 14.2. The maximum absolute atomic E-state index is 12.4. The van der Waals surface area contributed by atoms with Crippen molar-refractivity contribution >= 4 is 22.6 Å². The van der Waals surface area contributed by atoms with Crippen molar-refractivity contribution in [2.24, 2.45) is 0 Å². The molecule has 0 fully saturated rings. The van der Waals surface area contributed by atoms with E-state index in [0.717, 1.165) is 21.5 Å². The van der Waals surface area contributed by atoms with Crippen LogP contribution < -0.4 is 4.74 Å². The molecule has 2 aromatic rings. The van der Waals surface area contributed by atoms with E-state index in [1.165, 1.54) is 12.1 Å². The van der Waals surface area contributed by atoms with Gasteiger partial charge in [0.15, 0.2) is 0 Å². The largest absolute Gasteiger partial charge is 0.488 e. The molecule has 0 spiro atoms. The highest BCUT2D eigenvalue weighted by atomic mass is 127. The molecule has 2 aromatic carbocycles. The first-order chi connectivity index (χ1) is 8.97. The van der Waals surface area contributed by atoms with Gasteiger partial charge in [-0.05, 0) is 52.4 Å². The molecule has 5 heteroatoms. The highest BCUT2D eigenvalue weighted by Gasteiger charge is 2.29. The molecule has 0 atom stereocenters. The first-order valence-corrected chi connectivity index (χ1v) is 6.58. The number of benzene rings is 2. The molecule has 0 N–H and O–H groups in total. The van der Waals surface area contributed by atoms with E-state index in [4.69, 9.17) is 4.74 Å². The van der Waals surface area contributed by atoms with Crippen LogP contribution in [0.15, 0.2) is 48.5 Å². The molecule has 100 valence electrons. The van der Waals surface area contributed by atoms with Gasteiger partial charge in [0.05, 0.1) is 9.13 Å². The summed E-state index contributed by atoms with van der Waals surface area (Å²) in [6.07, 6.45) is -4.30. The van der Waals surface area contributed by atoms with E-state index < -0.39 is 11.7 Å². The molecule has 0 heterocycles. The summed E-state index contributed by atoms with van der Waals surface area (Å²) in [6.45, 7) is 0.248. The Morgan fingerprint density at radius 1 is 0.947 bits per heavy atom. The second-order valence-electron chi connectivity index (χ2n) is 3.91. The van der Waals surface area contributed by atoms with E-state index >= 15 is 0 Å². The van der Waals surface area contributed by atoms with Crippen LogP contribution in [0.1, 0.15) is 11.1 Å². The molecule has 0 aromatic heterocycles. The number of halogens is 4. The number of hydrogen-bond donors (Lipinski definition) is 0. The third kappa shape index (κ3) is 3.86. The zero-order chi connectivity index (χ0) is 13.9. The molecule has 19 heavy (non-hydrogen) atoms. The van der Waals surface area contributed by atoms with Crippen molar-refractivity contribution in [3.63, 3.8) is 0 Å². The average molecular weight is 378 g/mol. The minimum absolute atomic E-state index is 0.248. The zero-order valence-corrected chi connectivity index (χ0v) is 11.9. The fourth-order valence-electron chi connectivity index (χ4n) is 1.51. The zero-order valence-electron chi connectivity index (χ0n) is 9.75. The van der Waals surface area contributed by atoms with Crippen LogP contribution in [-0.4, -0.2) is 0 Å². The van der Waals surface area contributed by atoms with E-state index in [9.17, 15) is 13.2 Å². The monoisotopic (exact) mass is 378 g/mol. The third-order valence-corrected chi connectivity index (χ3v) is 3.40. The van der Waals surface area contributed by atoms with Gasteiger partial charge >= 0.3 is 6.18 Å². The van der Waals surface area contributed by atoms with E-state index in [2.05, 4.69) is 22.6 Å². The van der Waals surface area contributed by atoms with Crippen LogP contribution in [0.4, 0.5) is 13.2 Å². The number of hydrogen-bond acceptors (Lipinski definition) is 1. The summed E-state index contributed by atoms with van der Waals surface area (Å²) in [5, 5.41) is 0. The summed E-state index contributed by atoms with van der Waals surface area (Å²) in [7, 11) is 0. The number of alkyl halides is 3. The second kappa shape index (κ2) is 5.81. The Hall–Kier alpha value is -1.24. The summed E-state index contributed by atoms with van der Waals surface area (Å²) >= 11 is 2.15. The lowest BCUT2D eigenvalue weighted by molar-refractivity contribution is -0.137. The fourth-order valence-corrected chi connectivity index (χ4v) is 2.06. The maximum Gasteiger partial charge on any atom is 0.416 e. The summed E-state index contributed by atoms with van der Waals surface area (Å²) in [5.41, 5.74) is 0.0539. The fraction of sp³-hybridized carbons (Fsp3) is 0.143. The van der Waals surface area contributed by atoms with E-state index in [1.807, 2.05) is 24.3 Å². The first-order valence-electron chi connectivity index (χ1n) is 5.50. The minimum Gasteiger partial charge on any atom is -0.488 e. The van der Waals surface area contributed by atoms with Gasteiger partial charge in [-0.1, -0.05) is 24.3 Å². The molecule has 0 amide bonds. The Morgan fingerprint density at radius 3 is 2.16 bits per heavy atom. The average Bonchev–Trinajstić information content (AvgIpc) is 2.37. The van der Waals surface area contributed by atoms with E-state index in [0.29, 0.717) is 5.56 Å². The van der Waals surface area contributed by atoms with Gasteiger partial charge in [0.25, 0.3) is 0 Å². The smallest absolute Gasteiger partial charge is 0.416 e. The van der Waals surface area contributed by atoms with Crippen LogP contribution in [-0.2, 0) is 12.8 Å². The molecule has 0 saturated heterocycles. The molecular formula is C14H10F3IO. The molecule has 0 aliphatic heterocycles. The lowest BCUT2D eigenvalue weighted by atomic mass is 10.1. The van der Waals surface area contributed by atoms with Gasteiger partial charge in [-0.3, -0.25) is 0 Å². The van der Waals surface area contributed by atoms with Crippen LogP contribution in [0.2, 0.25) is 0 Å². The Labute approximate surface area is 122 Å². The highest BCUT2D eigenvalue weighted by molar-refractivity contribution is 14.1. The predicted octanol–water partition coefficient (Wildman–Crippen LogP) is 4.89. The van der Waals surface area contributed by atoms with Gasteiger partial charge in [0.2, 0.25) is 0 Å². The minimum atomic E-state index is -4.30. The molecule has 1 nitrogen and oxygen atoms in total. The SMILES string of the molecule is FC(F)(F)c1ccc(COc2ccccc2I)cc1. The Balaban J connectivity index is 2.03. The Kier molecular flexibility index (Phi) is 4.34. The van der Waals surface area contributed by atoms with Crippen molar-refractivity contribution in [2.75, 3.05) is 0 Å². The maximum atomic E-state index is 12.4. The standard InChI is InChI=1S/C14H10F3IO/c15-14(16,17)11-7-5-10(6-8-11)9-19-13-4-2-1-3-12(13)18/h1-8H,9H2. The highest BCUT2D eigenvalue weighted by Crippen LogP contribution is 2.29. The van der Waals surface area contributed by atoms with E-state index in [-0.39, 0.29) is 6.61 Å². The normalized spacial score (nSPS) is 11.4. The molecule has 0 radical (unpaired) electrons. The summed E-state index contributed by atoms with van der Waals surface area (Å²) in [6, 6.07) is 12.5. The third-order valence-electron chi connectivity index (χ3n) is 2.51. The van der Waals surface area contributed by atoms with Crippen molar-refractivity contribution in [1.82, 2.24) is 0 Å². The second-order valence-corrected chi connectivity index (χ2v) is 5.08. The van der Waals surface area contributed by atoms with Gasteiger partial charge in [-0.25, -0.2) is 0 Å². The predicted molar refractivity (Wildman–Crippen MR) is 74.9 cm³/mol. The molecule has 0 unspecified atom stereocenters. The van der Waals surface area contributed by atoms with Crippen LogP contribution in [0.3, 0.4) is 0 Å². The van der Waals surface area contributed by atoms with E-state index in [1.54, 1.807) is 0 Å². The number of rotatable bonds is 3. The summed E-state index contributed by atoms with van der Waals surface area (Å²) in [4.78, 5) is 0. The van der Waals surface area contributed by atoms with Crippen LogP contribution in [0.5, 0.6) is 5.75 Å². The van der Waals surface area contributed by atoms with Crippen molar-refractivity contribution in [2.45, 2.75) is 12.8 Å². The van der Waals surface area contributed by atoms with Gasteiger partial charge in [-0.2, -0.15) is 13.2 Å². The van der Waals surface area contributed by atoms with Crippen molar-refractivity contribution in [1.29, 1.82) is 0 Å². The summed E-state index contributed by atoms with van der Waals surface area (Å²) in [5.74, 6) is 0.725. The number of para-hydroxylation sites is 1. The van der Waals surface area contributed by atoms with Crippen LogP contribution >= 0.6 is 22.6 Å². The van der Waals surface area contributed by atoms with Gasteiger partial charge in [0, 0.05) is 0 Å². The molecule has 0 saturated carbocycles. The van der Waals surface area contributed by atoms with Gasteiger partial charge in [-0.15, -0.1) is 0 Å². The Bertz CT molecular complexity index is 549. The van der Waals surface area contributed by atoms with Gasteiger partial charge in [0.1, 0.15) is 12.4 Å². The topological polar surface area (TPSA) is 9.23 Å². The van der Waals surface area contributed by atoms with Crippen molar-refractivity contribution in [3.8, 4) is 5.75 Å². The molecule has 0 aliphatic carbocycles. The van der Waals surface area contributed by atoms with Crippen molar-refractivity contribution < 1.29 is 17.9 Å². The molecule has 0 aliphatic rings. The lowest BCUT2D eigenvalue weighted by Gasteiger charge is -2.10. The quantitative estimate of drug-likeness (QED) is 0.692. The molecule has 2 rings (SSSR count). The number of ether oxygens (including phenoxy) is 1. The molecule has 0 bridgehead atoms. The van der Waals surface area contributed by atoms with Gasteiger partial charge < -0.3 is 4.74 Å². The van der Waals surface area contributed by atoms with Crippen LogP contribution in [0.25, 0.3) is 0 Å². The summed E-state index contributed by atoms with van der Waals surface area (Å²) < 4.78 is 43.7. The molecular weight excluding hydrogens is 368 g/mol.